The number of piperidine rings is 1. The Morgan fingerprint density at radius 3 is 2.71 bits per heavy atom. The minimum absolute atomic E-state index is 0.429. The second kappa shape index (κ2) is 6.42. The quantitative estimate of drug-likeness (QED) is 0.908. The number of aryl methyl sites for hydroxylation is 1. The van der Waals surface area contributed by atoms with E-state index in [9.17, 15) is 5.11 Å². The summed E-state index contributed by atoms with van der Waals surface area (Å²) < 4.78 is 11.9. The molecule has 8 heteroatoms. The van der Waals surface area contributed by atoms with Gasteiger partial charge in [0.15, 0.2) is 0 Å². The second-order valence-electron chi connectivity index (χ2n) is 6.70. The zero-order chi connectivity index (χ0) is 16.6. The Balaban J connectivity index is 1.43. The molecule has 0 unspecified atom stereocenters. The average molecular weight is 349 g/mol. The molecule has 2 aromatic rings. The first-order chi connectivity index (χ1) is 11.7. The summed E-state index contributed by atoms with van der Waals surface area (Å²) in [6, 6.07) is 0. The number of anilines is 1. The van der Waals surface area contributed by atoms with Crippen LogP contribution in [0.3, 0.4) is 0 Å². The fraction of sp³-hybridized carbons (Fsp3) is 0.688. The molecule has 4 rings (SSSR count). The van der Waals surface area contributed by atoms with E-state index in [-0.39, 0.29) is 0 Å². The molecule has 0 radical (unpaired) electrons. The van der Waals surface area contributed by atoms with Gasteiger partial charge in [-0.2, -0.15) is 4.37 Å². The molecule has 2 saturated heterocycles. The van der Waals surface area contributed by atoms with E-state index in [4.69, 9.17) is 9.72 Å². The summed E-state index contributed by atoms with van der Waals surface area (Å²) >= 11 is 1.47. The van der Waals surface area contributed by atoms with Crippen LogP contribution in [-0.4, -0.2) is 50.3 Å². The molecule has 2 aliphatic rings. The fourth-order valence-corrected chi connectivity index (χ4v) is 4.38. The fourth-order valence-electron chi connectivity index (χ4n) is 3.58. The average Bonchev–Trinajstić information content (AvgIpc) is 3.26. The molecular formula is C16H23N5O2S. The number of hydrogen-bond acceptors (Lipinski definition) is 7. The van der Waals surface area contributed by atoms with Gasteiger partial charge in [0.2, 0.25) is 5.13 Å². The largest absolute Gasteiger partial charge is 0.382 e. The van der Waals surface area contributed by atoms with Crippen molar-refractivity contribution in [2.45, 2.75) is 37.2 Å². The number of aliphatic hydroxyl groups is 1. The maximum atomic E-state index is 10.9. The third-order valence-corrected chi connectivity index (χ3v) is 5.91. The molecule has 1 N–H and O–H groups in total. The van der Waals surface area contributed by atoms with Gasteiger partial charge in [0.05, 0.1) is 0 Å². The third kappa shape index (κ3) is 2.94. The van der Waals surface area contributed by atoms with Gasteiger partial charge in [-0.15, -0.1) is 0 Å². The number of hydrogen-bond donors (Lipinski definition) is 1. The molecule has 0 aliphatic carbocycles. The lowest BCUT2D eigenvalue weighted by Crippen LogP contribution is -2.44. The van der Waals surface area contributed by atoms with Crippen molar-refractivity contribution in [1.82, 2.24) is 18.9 Å². The lowest BCUT2D eigenvalue weighted by atomic mass is 9.90. The number of aromatic nitrogens is 4. The minimum Gasteiger partial charge on any atom is -0.382 e. The zero-order valence-electron chi connectivity index (χ0n) is 13.9. The third-order valence-electron chi connectivity index (χ3n) is 5.12. The van der Waals surface area contributed by atoms with Crippen LogP contribution in [0.5, 0.6) is 0 Å². The van der Waals surface area contributed by atoms with Crippen LogP contribution in [-0.2, 0) is 17.4 Å². The van der Waals surface area contributed by atoms with Crippen molar-refractivity contribution in [2.75, 3.05) is 31.2 Å². The molecule has 0 spiro atoms. The van der Waals surface area contributed by atoms with Crippen LogP contribution in [0.2, 0.25) is 0 Å². The highest BCUT2D eigenvalue weighted by Crippen LogP contribution is 2.35. The predicted octanol–water partition coefficient (Wildman–Crippen LogP) is 1.65. The van der Waals surface area contributed by atoms with Crippen LogP contribution in [0.15, 0.2) is 12.4 Å². The second-order valence-corrected chi connectivity index (χ2v) is 7.43. The lowest BCUT2D eigenvalue weighted by Gasteiger charge is -2.37. The van der Waals surface area contributed by atoms with Crippen LogP contribution in [0.4, 0.5) is 5.13 Å². The van der Waals surface area contributed by atoms with Crippen LogP contribution >= 0.6 is 11.5 Å². The molecule has 24 heavy (non-hydrogen) atoms. The van der Waals surface area contributed by atoms with E-state index in [0.29, 0.717) is 18.8 Å². The van der Waals surface area contributed by atoms with E-state index >= 15 is 0 Å². The number of rotatable bonds is 3. The van der Waals surface area contributed by atoms with Gasteiger partial charge in [-0.1, -0.05) is 0 Å². The molecule has 0 atom stereocenters. The normalized spacial score (nSPS) is 22.0. The first-order valence-corrected chi connectivity index (χ1v) is 9.29. The monoisotopic (exact) mass is 349 g/mol. The summed E-state index contributed by atoms with van der Waals surface area (Å²) in [6.07, 6.45) is 6.95. The molecule has 0 saturated carbocycles. The van der Waals surface area contributed by atoms with Crippen molar-refractivity contribution in [3.63, 3.8) is 0 Å². The minimum atomic E-state index is -0.844. The summed E-state index contributed by atoms with van der Waals surface area (Å²) in [6.45, 7) is 3.15. The van der Waals surface area contributed by atoms with E-state index in [1.807, 2.05) is 17.8 Å². The number of ether oxygens (including phenoxy) is 1. The number of imidazole rings is 1. The van der Waals surface area contributed by atoms with E-state index in [1.165, 1.54) is 11.5 Å². The van der Waals surface area contributed by atoms with Gasteiger partial charge in [-0.3, -0.25) is 0 Å². The van der Waals surface area contributed by atoms with Gasteiger partial charge < -0.3 is 19.3 Å². The Labute approximate surface area is 145 Å². The highest BCUT2D eigenvalue weighted by Gasteiger charge is 2.38. The molecule has 7 nitrogen and oxygen atoms in total. The van der Waals surface area contributed by atoms with Crippen molar-refractivity contribution in [2.24, 2.45) is 7.05 Å². The van der Waals surface area contributed by atoms with Crippen molar-refractivity contribution >= 4 is 16.7 Å². The van der Waals surface area contributed by atoms with Crippen LogP contribution in [0.1, 0.15) is 43.3 Å². The van der Waals surface area contributed by atoms with Gasteiger partial charge in [-0.05, 0) is 12.8 Å². The molecular weight excluding hydrogens is 326 g/mol. The Kier molecular flexibility index (Phi) is 4.28. The van der Waals surface area contributed by atoms with Crippen LogP contribution in [0.25, 0.3) is 0 Å². The highest BCUT2D eigenvalue weighted by molar-refractivity contribution is 7.09. The van der Waals surface area contributed by atoms with Crippen molar-refractivity contribution in [1.29, 1.82) is 0 Å². The lowest BCUT2D eigenvalue weighted by molar-refractivity contribution is 0.000770. The Morgan fingerprint density at radius 2 is 2.04 bits per heavy atom. The first kappa shape index (κ1) is 16.0. The van der Waals surface area contributed by atoms with Gasteiger partial charge in [0.25, 0.3) is 0 Å². The summed E-state index contributed by atoms with van der Waals surface area (Å²) in [5.74, 6) is 2.14. The zero-order valence-corrected chi connectivity index (χ0v) is 14.7. The van der Waals surface area contributed by atoms with Crippen LogP contribution < -0.4 is 4.90 Å². The maximum absolute atomic E-state index is 10.9. The Morgan fingerprint density at radius 1 is 1.29 bits per heavy atom. The molecule has 2 aliphatic heterocycles. The topological polar surface area (TPSA) is 76.3 Å². The summed E-state index contributed by atoms with van der Waals surface area (Å²) in [4.78, 5) is 11.3. The van der Waals surface area contributed by atoms with E-state index in [0.717, 1.165) is 55.9 Å². The summed E-state index contributed by atoms with van der Waals surface area (Å²) in [5, 5.41) is 11.9. The summed E-state index contributed by atoms with van der Waals surface area (Å²) in [7, 11) is 1.93. The summed E-state index contributed by atoms with van der Waals surface area (Å²) in [5.41, 5.74) is -0.844. The molecule has 2 aromatic heterocycles. The highest BCUT2D eigenvalue weighted by atomic mass is 32.1. The Bertz CT molecular complexity index is 686. The van der Waals surface area contributed by atoms with Gasteiger partial charge in [0, 0.05) is 76.0 Å². The van der Waals surface area contributed by atoms with E-state index in [2.05, 4.69) is 14.3 Å². The first-order valence-electron chi connectivity index (χ1n) is 8.52. The van der Waals surface area contributed by atoms with Crippen molar-refractivity contribution in [3.8, 4) is 0 Å². The smallest absolute Gasteiger partial charge is 0.205 e. The van der Waals surface area contributed by atoms with Gasteiger partial charge >= 0.3 is 0 Å². The number of nitrogens with zero attached hydrogens (tertiary/aromatic N) is 5. The molecule has 130 valence electrons. The molecule has 0 aromatic carbocycles. The predicted molar refractivity (Wildman–Crippen MR) is 91.3 cm³/mol. The molecule has 4 heterocycles. The molecule has 2 fully saturated rings. The van der Waals surface area contributed by atoms with Crippen LogP contribution in [0, 0.1) is 0 Å². The molecule has 0 amide bonds. The standard InChI is InChI=1S/C16H23N5O2S/c1-20-9-6-17-14(20)16(22)4-7-21(8-5-16)15-18-13(19-24-15)12-2-10-23-11-3-12/h6,9,12,22H,2-5,7-8,10-11H2,1H3. The Hall–Kier alpha value is -1.51. The SMILES string of the molecule is Cn1ccnc1C1(O)CCN(c2nc(C3CCOCC3)ns2)CC1. The van der Waals surface area contributed by atoms with E-state index < -0.39 is 5.60 Å². The maximum Gasteiger partial charge on any atom is 0.205 e. The van der Waals surface area contributed by atoms with E-state index in [1.54, 1.807) is 6.20 Å². The van der Waals surface area contributed by atoms with Gasteiger partial charge in [-0.25, -0.2) is 9.97 Å². The van der Waals surface area contributed by atoms with Crippen molar-refractivity contribution in [3.05, 3.63) is 24.0 Å². The van der Waals surface area contributed by atoms with Gasteiger partial charge in [0.1, 0.15) is 17.2 Å². The van der Waals surface area contributed by atoms with Crippen molar-refractivity contribution < 1.29 is 9.84 Å². The molecule has 0 bridgehead atoms.